The summed E-state index contributed by atoms with van der Waals surface area (Å²) in [6.45, 7) is 10.2. The van der Waals surface area contributed by atoms with Crippen molar-refractivity contribution in [1.29, 1.82) is 0 Å². The van der Waals surface area contributed by atoms with Gasteiger partial charge < -0.3 is 14.5 Å². The minimum atomic E-state index is -0.873. The van der Waals surface area contributed by atoms with Gasteiger partial charge in [-0.05, 0) is 57.1 Å². The highest BCUT2D eigenvalue weighted by Crippen LogP contribution is 2.53. The summed E-state index contributed by atoms with van der Waals surface area (Å²) >= 11 is 5.70. The zero-order valence-corrected chi connectivity index (χ0v) is 23.2. The van der Waals surface area contributed by atoms with Crippen molar-refractivity contribution in [2.24, 2.45) is 17.8 Å². The Morgan fingerprint density at radius 3 is 2.38 bits per heavy atom. The van der Waals surface area contributed by atoms with Gasteiger partial charge in [0.15, 0.2) is 11.3 Å². The Morgan fingerprint density at radius 2 is 1.79 bits per heavy atom. The van der Waals surface area contributed by atoms with E-state index in [1.54, 1.807) is 28.5 Å². The van der Waals surface area contributed by atoms with Crippen LogP contribution in [0.1, 0.15) is 51.0 Å². The molecule has 8 nitrogen and oxygen atoms in total. The molecule has 208 valence electrons. The fourth-order valence-corrected chi connectivity index (χ4v) is 5.80. The number of benzene rings is 1. The number of esters is 1. The summed E-state index contributed by atoms with van der Waals surface area (Å²) in [7, 11) is 0. The Kier molecular flexibility index (Phi) is 7.50. The van der Waals surface area contributed by atoms with Gasteiger partial charge in [-0.3, -0.25) is 9.59 Å². The zero-order chi connectivity index (χ0) is 28.0. The summed E-state index contributed by atoms with van der Waals surface area (Å²) in [5, 5.41) is 4.07. The Labute approximate surface area is 230 Å². The van der Waals surface area contributed by atoms with Crippen molar-refractivity contribution in [1.82, 2.24) is 19.5 Å². The van der Waals surface area contributed by atoms with Crippen molar-refractivity contribution in [3.05, 3.63) is 46.6 Å². The third-order valence-electron chi connectivity index (χ3n) is 7.66. The second-order valence-electron chi connectivity index (χ2n) is 10.6. The lowest BCUT2D eigenvalue weighted by atomic mass is 10.1. The Balaban J connectivity index is 1.46. The van der Waals surface area contributed by atoms with Crippen LogP contribution in [0.3, 0.4) is 0 Å². The van der Waals surface area contributed by atoms with Gasteiger partial charge in [0.05, 0.1) is 12.3 Å². The molecule has 11 heteroatoms. The highest BCUT2D eigenvalue weighted by atomic mass is 35.5. The van der Waals surface area contributed by atoms with Crippen LogP contribution in [0.15, 0.2) is 24.3 Å². The van der Waals surface area contributed by atoms with E-state index in [1.165, 1.54) is 0 Å². The largest absolute Gasteiger partial charge is 0.466 e. The molecule has 1 saturated heterocycles. The van der Waals surface area contributed by atoms with E-state index in [9.17, 15) is 18.4 Å². The number of carbonyl (C=O) groups is 2. The van der Waals surface area contributed by atoms with Crippen LogP contribution >= 0.6 is 11.6 Å². The van der Waals surface area contributed by atoms with Crippen LogP contribution in [0.4, 0.5) is 14.6 Å². The molecular weight excluding hydrogens is 528 g/mol. The fraction of sp³-hybridized carbons (Fsp3) is 0.500. The molecule has 2 aromatic heterocycles. The number of likely N-dealkylation sites (tertiary alicyclic amines) is 1. The number of carbonyl (C=O) groups excluding carboxylic acids is 2. The molecule has 3 aromatic rings. The van der Waals surface area contributed by atoms with Gasteiger partial charge in [0.1, 0.15) is 22.5 Å². The minimum Gasteiger partial charge on any atom is -0.466 e. The lowest BCUT2D eigenvalue weighted by molar-refractivity contribution is -0.143. The van der Waals surface area contributed by atoms with Gasteiger partial charge in [-0.25, -0.2) is 13.8 Å². The van der Waals surface area contributed by atoms with E-state index in [1.807, 2.05) is 13.8 Å². The lowest BCUT2D eigenvalue weighted by Crippen LogP contribution is -2.34. The van der Waals surface area contributed by atoms with Crippen LogP contribution in [-0.4, -0.2) is 63.7 Å². The maximum Gasteiger partial charge on any atom is 0.306 e. The van der Waals surface area contributed by atoms with Gasteiger partial charge >= 0.3 is 5.97 Å². The van der Waals surface area contributed by atoms with E-state index < -0.39 is 16.7 Å². The van der Waals surface area contributed by atoms with Gasteiger partial charge in [0, 0.05) is 49.8 Å². The lowest BCUT2D eigenvalue weighted by Gasteiger charge is -2.29. The standard InChI is InChI=1S/C28H32ClF2N5O3/c1-5-7-35(15(3)4)25-12-22(16-8-20(30)27(29)21(31)9-16)32-24-11-23(33-36(24)25)28(38)34-13-18-17(19(18)14-34)10-26(37)39-6-2/h8-9,11-12,15,17-19H,5-7,10,13-14H2,1-4H3/t17-,18-,19+. The minimum absolute atomic E-state index is 0.0902. The van der Waals surface area contributed by atoms with Gasteiger partial charge in [0.25, 0.3) is 5.91 Å². The quantitative estimate of drug-likeness (QED) is 0.264. The number of hydrogen-bond donors (Lipinski definition) is 0. The molecule has 0 unspecified atom stereocenters. The molecule has 5 rings (SSSR count). The SMILES string of the molecule is CCCN(c1cc(-c2cc(F)c(Cl)c(F)c2)nc2cc(C(=O)N3C[C@@H]4[C@@H](CC(=O)OCC)[C@@H]4C3)nn12)C(C)C. The number of nitrogens with zero attached hydrogens (tertiary/aromatic N) is 5. The van der Waals surface area contributed by atoms with E-state index in [2.05, 4.69) is 21.9 Å². The molecule has 2 aliphatic rings. The third-order valence-corrected chi connectivity index (χ3v) is 8.02. The molecule has 2 fully saturated rings. The van der Waals surface area contributed by atoms with Crippen LogP contribution < -0.4 is 4.90 Å². The molecule has 1 aliphatic carbocycles. The van der Waals surface area contributed by atoms with Crippen LogP contribution in [0.25, 0.3) is 16.9 Å². The molecule has 1 amide bonds. The smallest absolute Gasteiger partial charge is 0.306 e. The van der Waals surface area contributed by atoms with Gasteiger partial charge in [-0.2, -0.15) is 9.61 Å². The maximum atomic E-state index is 14.3. The monoisotopic (exact) mass is 559 g/mol. The summed E-state index contributed by atoms with van der Waals surface area (Å²) in [6.07, 6.45) is 1.25. The predicted octanol–water partition coefficient (Wildman–Crippen LogP) is 5.22. The Bertz CT molecular complexity index is 1390. The third kappa shape index (κ3) is 5.18. The van der Waals surface area contributed by atoms with Crippen molar-refractivity contribution < 1.29 is 23.1 Å². The molecule has 0 radical (unpaired) electrons. The number of amides is 1. The van der Waals surface area contributed by atoms with Crippen LogP contribution in [0.5, 0.6) is 0 Å². The fourth-order valence-electron chi connectivity index (χ4n) is 5.69. The molecule has 0 bridgehead atoms. The number of rotatable bonds is 9. The second kappa shape index (κ2) is 10.7. The molecule has 39 heavy (non-hydrogen) atoms. The average Bonchev–Trinajstić information content (AvgIpc) is 3.24. The molecule has 1 aliphatic heterocycles. The molecule has 0 N–H and O–H groups in total. The molecular formula is C28H32ClF2N5O3. The van der Waals surface area contributed by atoms with Crippen LogP contribution in [-0.2, 0) is 9.53 Å². The van der Waals surface area contributed by atoms with E-state index in [4.69, 9.17) is 16.3 Å². The molecule has 1 aromatic carbocycles. The predicted molar refractivity (Wildman–Crippen MR) is 144 cm³/mol. The van der Waals surface area contributed by atoms with Gasteiger partial charge in [-0.15, -0.1) is 0 Å². The van der Waals surface area contributed by atoms with Crippen molar-refractivity contribution in [3.8, 4) is 11.3 Å². The van der Waals surface area contributed by atoms with Crippen molar-refractivity contribution in [2.45, 2.75) is 46.6 Å². The van der Waals surface area contributed by atoms with Gasteiger partial charge in [0.2, 0.25) is 0 Å². The first kappa shape index (κ1) is 27.3. The Hall–Kier alpha value is -3.27. The number of ether oxygens (including phenoxy) is 1. The first-order chi connectivity index (χ1) is 18.6. The van der Waals surface area contributed by atoms with Crippen LogP contribution in [0, 0.1) is 29.4 Å². The van der Waals surface area contributed by atoms with E-state index in [0.717, 1.165) is 18.6 Å². The maximum absolute atomic E-state index is 14.3. The second-order valence-corrected chi connectivity index (χ2v) is 10.9. The van der Waals surface area contributed by atoms with Crippen molar-refractivity contribution in [3.63, 3.8) is 0 Å². The van der Waals surface area contributed by atoms with Crippen LogP contribution in [0.2, 0.25) is 5.02 Å². The summed E-state index contributed by atoms with van der Waals surface area (Å²) in [6, 6.07) is 5.74. The summed E-state index contributed by atoms with van der Waals surface area (Å²) in [5.74, 6) is -0.612. The first-order valence-electron chi connectivity index (χ1n) is 13.4. The van der Waals surface area contributed by atoms with E-state index >= 15 is 0 Å². The zero-order valence-electron chi connectivity index (χ0n) is 22.5. The number of halogens is 3. The number of hydrogen-bond acceptors (Lipinski definition) is 6. The first-order valence-corrected chi connectivity index (χ1v) is 13.8. The number of aromatic nitrogens is 3. The molecule has 0 spiro atoms. The van der Waals surface area contributed by atoms with E-state index in [-0.39, 0.29) is 35.1 Å². The molecule has 3 heterocycles. The highest BCUT2D eigenvalue weighted by Gasteiger charge is 2.57. The number of anilines is 1. The summed E-state index contributed by atoms with van der Waals surface area (Å²) in [5.41, 5.74) is 1.22. The average molecular weight is 560 g/mol. The summed E-state index contributed by atoms with van der Waals surface area (Å²) < 4.78 is 35.3. The summed E-state index contributed by atoms with van der Waals surface area (Å²) in [4.78, 5) is 33.8. The highest BCUT2D eigenvalue weighted by molar-refractivity contribution is 6.31. The van der Waals surface area contributed by atoms with E-state index in [0.29, 0.717) is 61.7 Å². The molecule has 3 atom stereocenters. The Morgan fingerprint density at radius 1 is 1.13 bits per heavy atom. The number of piperidine rings is 1. The molecule has 1 saturated carbocycles. The normalized spacial score (nSPS) is 20.0. The van der Waals surface area contributed by atoms with Crippen molar-refractivity contribution >= 4 is 34.9 Å². The van der Waals surface area contributed by atoms with Crippen molar-refractivity contribution in [2.75, 3.05) is 31.1 Å². The topological polar surface area (TPSA) is 80.0 Å². The number of fused-ring (bicyclic) bond motifs is 2. The van der Waals surface area contributed by atoms with Gasteiger partial charge in [-0.1, -0.05) is 18.5 Å².